The van der Waals surface area contributed by atoms with Crippen LogP contribution in [0.4, 0.5) is 5.69 Å². The average molecular weight is 370 g/mol. The van der Waals surface area contributed by atoms with Gasteiger partial charge in [-0.1, -0.05) is 0 Å². The molecule has 1 heterocycles. The number of rotatable bonds is 8. The highest BCUT2D eigenvalue weighted by Gasteiger charge is 2.29. The molecule has 2 N–H and O–H groups in total. The fourth-order valence-corrected chi connectivity index (χ4v) is 4.66. The lowest BCUT2D eigenvalue weighted by atomic mass is 9.90. The summed E-state index contributed by atoms with van der Waals surface area (Å²) in [6, 6.07) is 5.16. The van der Waals surface area contributed by atoms with Gasteiger partial charge in [0.1, 0.15) is 0 Å². The minimum absolute atomic E-state index is 0.0998. The molecule has 138 valence electrons. The lowest BCUT2D eigenvalue weighted by Crippen LogP contribution is -2.35. The third-order valence-electron chi connectivity index (χ3n) is 4.40. The first kappa shape index (κ1) is 19.5. The van der Waals surface area contributed by atoms with Crippen molar-refractivity contribution in [2.45, 2.75) is 31.9 Å². The van der Waals surface area contributed by atoms with E-state index in [1.165, 1.54) is 31.2 Å². The number of non-ortho nitro benzene ring substituents is 1. The maximum Gasteiger partial charge on any atom is 0.269 e. The van der Waals surface area contributed by atoms with Crippen molar-refractivity contribution in [3.8, 4) is 0 Å². The average Bonchev–Trinajstić information content (AvgIpc) is 2.89. The third kappa shape index (κ3) is 5.32. The highest BCUT2D eigenvalue weighted by Crippen LogP contribution is 2.20. The Morgan fingerprint density at radius 3 is 2.52 bits per heavy atom. The molecule has 0 saturated carbocycles. The van der Waals surface area contributed by atoms with Gasteiger partial charge in [0.25, 0.3) is 5.69 Å². The summed E-state index contributed by atoms with van der Waals surface area (Å²) in [7, 11) is -2.97. The molecule has 0 aliphatic carbocycles. The number of carbonyl (C=O) groups excluding carboxylic acids is 1. The Hall–Kier alpha value is -1.84. The number of Topliss-reactive ketones (excluding diaryl/α,β-unsaturated/α-hetero) is 1. The molecule has 1 aromatic rings. The van der Waals surface area contributed by atoms with E-state index in [4.69, 9.17) is 0 Å². The van der Waals surface area contributed by atoms with Crippen LogP contribution in [-0.4, -0.2) is 54.4 Å². The van der Waals surface area contributed by atoms with Gasteiger partial charge in [-0.3, -0.25) is 14.9 Å². The number of carbonyl (C=O) groups is 1. The van der Waals surface area contributed by atoms with Crippen molar-refractivity contribution in [2.75, 3.05) is 18.1 Å². The molecule has 0 spiro atoms. The van der Waals surface area contributed by atoms with E-state index in [1.807, 2.05) is 0 Å². The minimum Gasteiger partial charge on any atom is -0.393 e. The van der Waals surface area contributed by atoms with E-state index in [-0.39, 0.29) is 29.0 Å². The number of hydrogen-bond donors (Lipinski definition) is 2. The quantitative estimate of drug-likeness (QED) is 0.396. The van der Waals surface area contributed by atoms with Gasteiger partial charge >= 0.3 is 0 Å². The summed E-state index contributed by atoms with van der Waals surface area (Å²) in [5, 5.41) is 23.7. The predicted molar refractivity (Wildman–Crippen MR) is 92.3 cm³/mol. The van der Waals surface area contributed by atoms with Crippen LogP contribution >= 0.6 is 0 Å². The maximum absolute atomic E-state index is 12.5. The third-order valence-corrected chi connectivity index (χ3v) is 6.17. The van der Waals surface area contributed by atoms with E-state index in [0.717, 1.165) is 0 Å². The van der Waals surface area contributed by atoms with Gasteiger partial charge in [0, 0.05) is 29.7 Å². The summed E-state index contributed by atoms with van der Waals surface area (Å²) < 4.78 is 22.9. The lowest BCUT2D eigenvalue weighted by Gasteiger charge is -2.20. The van der Waals surface area contributed by atoms with Crippen LogP contribution in [0.2, 0.25) is 0 Å². The number of nitrogens with one attached hydrogen (secondary N) is 1. The maximum atomic E-state index is 12.5. The fraction of sp³-hybridized carbons (Fsp3) is 0.562. The fourth-order valence-electron chi connectivity index (χ4n) is 2.95. The molecule has 0 bridgehead atoms. The van der Waals surface area contributed by atoms with Crippen molar-refractivity contribution in [3.05, 3.63) is 39.9 Å². The van der Waals surface area contributed by atoms with Gasteiger partial charge in [-0.2, -0.15) is 0 Å². The van der Waals surface area contributed by atoms with Crippen LogP contribution in [0.5, 0.6) is 0 Å². The summed E-state index contributed by atoms with van der Waals surface area (Å²) in [6.07, 6.45) is 0.0268. The molecule has 1 aliphatic rings. The number of ketones is 1. The highest BCUT2D eigenvalue weighted by atomic mass is 32.2. The summed E-state index contributed by atoms with van der Waals surface area (Å²) in [4.78, 5) is 22.7. The van der Waals surface area contributed by atoms with Gasteiger partial charge in [0.05, 0.1) is 22.5 Å². The van der Waals surface area contributed by atoms with Gasteiger partial charge in [-0.05, 0) is 38.4 Å². The number of hydrogen-bond acceptors (Lipinski definition) is 7. The molecule has 0 amide bonds. The molecule has 2 rings (SSSR count). The Kier molecular flexibility index (Phi) is 6.26. The van der Waals surface area contributed by atoms with Gasteiger partial charge < -0.3 is 10.4 Å². The Labute approximate surface area is 146 Å². The number of nitro groups is 1. The molecule has 1 aliphatic heterocycles. The second-order valence-electron chi connectivity index (χ2n) is 6.36. The monoisotopic (exact) mass is 370 g/mol. The van der Waals surface area contributed by atoms with Crippen molar-refractivity contribution < 1.29 is 23.2 Å². The molecular weight excluding hydrogens is 348 g/mol. The van der Waals surface area contributed by atoms with Crippen LogP contribution in [0.3, 0.4) is 0 Å². The second-order valence-corrected chi connectivity index (χ2v) is 8.59. The van der Waals surface area contributed by atoms with Crippen LogP contribution in [0.15, 0.2) is 24.3 Å². The first-order valence-corrected chi connectivity index (χ1v) is 9.92. The Bertz CT molecular complexity index is 729. The molecular formula is C16H22N2O6S. The molecule has 1 fully saturated rings. The van der Waals surface area contributed by atoms with Gasteiger partial charge in [0.2, 0.25) is 0 Å². The molecule has 3 atom stereocenters. The Morgan fingerprint density at radius 1 is 1.40 bits per heavy atom. The van der Waals surface area contributed by atoms with Gasteiger partial charge in [-0.25, -0.2) is 8.42 Å². The van der Waals surface area contributed by atoms with Crippen LogP contribution in [0.1, 0.15) is 30.1 Å². The molecule has 1 saturated heterocycles. The van der Waals surface area contributed by atoms with E-state index < -0.39 is 26.8 Å². The standard InChI is InChI=1S/C16H22N2O6S/c1-11(19)15(6-8-17-13-7-9-25(23,24)10-13)16(20)12-2-4-14(5-3-12)18(21)22/h2-5,11,13,15,17,19H,6-10H2,1H3. The van der Waals surface area contributed by atoms with Gasteiger partial charge in [0.15, 0.2) is 15.6 Å². The van der Waals surface area contributed by atoms with Crippen molar-refractivity contribution in [1.29, 1.82) is 0 Å². The molecule has 25 heavy (non-hydrogen) atoms. The summed E-state index contributed by atoms with van der Waals surface area (Å²) in [5.74, 6) is -0.674. The lowest BCUT2D eigenvalue weighted by molar-refractivity contribution is -0.384. The number of aliphatic hydroxyl groups excluding tert-OH is 1. The number of nitro benzene ring substituents is 1. The number of aliphatic hydroxyl groups is 1. The highest BCUT2D eigenvalue weighted by molar-refractivity contribution is 7.91. The van der Waals surface area contributed by atoms with Crippen molar-refractivity contribution in [3.63, 3.8) is 0 Å². The number of benzene rings is 1. The van der Waals surface area contributed by atoms with Crippen molar-refractivity contribution >= 4 is 21.3 Å². The first-order chi connectivity index (χ1) is 11.7. The molecule has 0 aromatic heterocycles. The van der Waals surface area contributed by atoms with Crippen molar-refractivity contribution in [1.82, 2.24) is 5.32 Å². The molecule has 8 nitrogen and oxygen atoms in total. The van der Waals surface area contributed by atoms with Crippen LogP contribution in [0.25, 0.3) is 0 Å². The zero-order valence-corrected chi connectivity index (χ0v) is 14.7. The second kappa shape index (κ2) is 8.03. The topological polar surface area (TPSA) is 127 Å². The van der Waals surface area contributed by atoms with Crippen LogP contribution < -0.4 is 5.32 Å². The zero-order valence-electron chi connectivity index (χ0n) is 13.9. The first-order valence-electron chi connectivity index (χ1n) is 8.10. The predicted octanol–water partition coefficient (Wildman–Crippen LogP) is 0.941. The largest absolute Gasteiger partial charge is 0.393 e. The summed E-state index contributed by atoms with van der Waals surface area (Å²) in [6.45, 7) is 1.93. The molecule has 3 unspecified atom stereocenters. The summed E-state index contributed by atoms with van der Waals surface area (Å²) in [5.41, 5.74) is 0.203. The van der Waals surface area contributed by atoms with Crippen LogP contribution in [-0.2, 0) is 9.84 Å². The van der Waals surface area contributed by atoms with Crippen LogP contribution in [0, 0.1) is 16.0 Å². The van der Waals surface area contributed by atoms with E-state index in [2.05, 4.69) is 5.32 Å². The molecule has 0 radical (unpaired) electrons. The summed E-state index contributed by atoms with van der Waals surface area (Å²) >= 11 is 0. The molecule has 1 aromatic carbocycles. The minimum atomic E-state index is -2.97. The van der Waals surface area contributed by atoms with E-state index in [0.29, 0.717) is 24.9 Å². The van der Waals surface area contributed by atoms with Gasteiger partial charge in [-0.15, -0.1) is 0 Å². The van der Waals surface area contributed by atoms with Crippen molar-refractivity contribution in [2.24, 2.45) is 5.92 Å². The Balaban J connectivity index is 1.95. The van der Waals surface area contributed by atoms with E-state index >= 15 is 0 Å². The van der Waals surface area contributed by atoms with E-state index in [1.54, 1.807) is 0 Å². The smallest absolute Gasteiger partial charge is 0.269 e. The van der Waals surface area contributed by atoms with E-state index in [9.17, 15) is 28.4 Å². The molecule has 9 heteroatoms. The number of nitrogens with zero attached hydrogens (tertiary/aromatic N) is 1. The normalized spacial score (nSPS) is 21.6. The SMILES string of the molecule is CC(O)C(CCNC1CCS(=O)(=O)C1)C(=O)c1ccc([N+](=O)[O-])cc1. The number of sulfone groups is 1. The zero-order chi connectivity index (χ0) is 18.6. The Morgan fingerprint density at radius 2 is 2.04 bits per heavy atom.